The quantitative estimate of drug-likeness (QED) is 0.767. The first kappa shape index (κ1) is 20.3. The minimum absolute atomic E-state index is 0.169. The summed E-state index contributed by atoms with van der Waals surface area (Å²) in [6, 6.07) is 10.1. The van der Waals surface area contributed by atoms with Crippen LogP contribution in [-0.2, 0) is 9.59 Å². The second-order valence-electron chi connectivity index (χ2n) is 7.22. The minimum Gasteiger partial charge on any atom is -0.368 e. The van der Waals surface area contributed by atoms with Gasteiger partial charge in [0.2, 0.25) is 11.8 Å². The molecule has 2 unspecified atom stereocenters. The molecule has 1 saturated heterocycles. The van der Waals surface area contributed by atoms with Gasteiger partial charge in [-0.15, -0.1) is 0 Å². The van der Waals surface area contributed by atoms with Gasteiger partial charge in [0, 0.05) is 42.4 Å². The Hall–Kier alpha value is -3.42. The average Bonchev–Trinajstić information content (AvgIpc) is 3.12. The molecular formula is C21H23N4O4. The fourth-order valence-electron chi connectivity index (χ4n) is 3.28. The number of likely N-dealkylation sites (tertiary alicyclic amines) is 1. The molecule has 1 radical (unpaired) electrons. The zero-order valence-electron chi connectivity index (χ0n) is 16.2. The molecular weight excluding hydrogens is 372 g/mol. The fraction of sp³-hybridized carbons (Fsp3) is 0.286. The lowest BCUT2D eigenvalue weighted by Gasteiger charge is -2.23. The molecule has 1 aromatic heterocycles. The smallest absolute Gasteiger partial charge is 0.255 e. The molecule has 2 atom stereocenters. The number of benzene rings is 1. The Morgan fingerprint density at radius 2 is 1.79 bits per heavy atom. The summed E-state index contributed by atoms with van der Waals surface area (Å²) in [5.74, 6) is -1.46. The van der Waals surface area contributed by atoms with Gasteiger partial charge in [-0.25, -0.2) is 0 Å². The molecule has 29 heavy (non-hydrogen) atoms. The van der Waals surface area contributed by atoms with E-state index in [0.29, 0.717) is 11.3 Å². The Kier molecular flexibility index (Phi) is 5.81. The summed E-state index contributed by atoms with van der Waals surface area (Å²) >= 11 is 0. The molecule has 1 aliphatic heterocycles. The molecule has 1 aromatic carbocycles. The largest absolute Gasteiger partial charge is 0.368 e. The molecule has 3 amide bonds. The van der Waals surface area contributed by atoms with Crippen LogP contribution < -0.4 is 16.6 Å². The van der Waals surface area contributed by atoms with Crippen molar-refractivity contribution in [2.75, 3.05) is 6.54 Å². The molecule has 0 spiro atoms. The zero-order valence-corrected chi connectivity index (χ0v) is 16.2. The van der Waals surface area contributed by atoms with Gasteiger partial charge in [0.1, 0.15) is 6.04 Å². The number of hydrogen-bond donors (Lipinski definition) is 2. The molecule has 1 fully saturated rings. The van der Waals surface area contributed by atoms with Gasteiger partial charge in [-0.3, -0.25) is 23.7 Å². The van der Waals surface area contributed by atoms with Gasteiger partial charge in [-0.1, -0.05) is 19.9 Å². The molecule has 8 nitrogen and oxygen atoms in total. The van der Waals surface area contributed by atoms with Crippen LogP contribution in [0.2, 0.25) is 0 Å². The van der Waals surface area contributed by atoms with Crippen LogP contribution >= 0.6 is 0 Å². The third-order valence-corrected chi connectivity index (χ3v) is 4.76. The Morgan fingerprint density at radius 3 is 2.38 bits per heavy atom. The lowest BCUT2D eigenvalue weighted by atomic mass is 10.1. The highest BCUT2D eigenvalue weighted by atomic mass is 16.2. The molecule has 2 heterocycles. The highest BCUT2D eigenvalue weighted by molar-refractivity contribution is 5.95. The van der Waals surface area contributed by atoms with Gasteiger partial charge in [0.15, 0.2) is 0 Å². The van der Waals surface area contributed by atoms with Crippen molar-refractivity contribution in [2.45, 2.75) is 25.9 Å². The number of primary amides is 1. The summed E-state index contributed by atoms with van der Waals surface area (Å²) in [7, 11) is 0. The van der Waals surface area contributed by atoms with Crippen molar-refractivity contribution in [1.29, 1.82) is 0 Å². The molecule has 2 aromatic rings. The SMILES string of the molecule is CC(C)C(=O)N1CC(NC(=O)c2ccc(-n3ccccc3=O)cc2)[CH]C1C(N)=O. The average molecular weight is 395 g/mol. The number of nitrogens with one attached hydrogen (secondary N) is 1. The molecule has 3 N–H and O–H groups in total. The standard InChI is InChI=1S/C21H23N4O4/c1-13(2)21(29)25-12-15(11-17(25)19(22)27)23-20(28)14-6-8-16(9-7-14)24-10-4-3-5-18(24)26/h3-11,13,15,17H,12H2,1-2H3,(H2,22,27)(H,23,28). The van der Waals surface area contributed by atoms with Crippen molar-refractivity contribution in [2.24, 2.45) is 11.7 Å². The maximum atomic E-state index is 12.6. The zero-order chi connectivity index (χ0) is 21.1. The Morgan fingerprint density at radius 1 is 1.10 bits per heavy atom. The molecule has 8 heteroatoms. The van der Waals surface area contributed by atoms with E-state index in [4.69, 9.17) is 5.73 Å². The first-order valence-electron chi connectivity index (χ1n) is 9.31. The third kappa shape index (κ3) is 4.37. The van der Waals surface area contributed by atoms with Crippen molar-refractivity contribution in [3.63, 3.8) is 0 Å². The maximum absolute atomic E-state index is 12.6. The maximum Gasteiger partial charge on any atom is 0.255 e. The number of pyridine rings is 1. The molecule has 0 aliphatic carbocycles. The van der Waals surface area contributed by atoms with Gasteiger partial charge >= 0.3 is 0 Å². The number of hydrogen-bond acceptors (Lipinski definition) is 4. The number of nitrogens with two attached hydrogens (primary N) is 1. The normalized spacial score (nSPS) is 18.7. The van der Waals surface area contributed by atoms with Gasteiger partial charge in [0.25, 0.3) is 11.5 Å². The van der Waals surface area contributed by atoms with Crippen LogP contribution in [-0.4, -0.2) is 45.8 Å². The number of amides is 3. The van der Waals surface area contributed by atoms with E-state index in [1.165, 1.54) is 15.5 Å². The lowest BCUT2D eigenvalue weighted by molar-refractivity contribution is -0.139. The summed E-state index contributed by atoms with van der Waals surface area (Å²) in [5, 5.41) is 2.81. The highest BCUT2D eigenvalue weighted by Crippen LogP contribution is 2.20. The second kappa shape index (κ2) is 8.30. The first-order chi connectivity index (χ1) is 13.8. The predicted octanol–water partition coefficient (Wildman–Crippen LogP) is 0.492. The molecule has 0 saturated carbocycles. The van der Waals surface area contributed by atoms with Crippen LogP contribution in [0.4, 0.5) is 0 Å². The van der Waals surface area contributed by atoms with Crippen LogP contribution in [0.1, 0.15) is 24.2 Å². The van der Waals surface area contributed by atoms with Crippen molar-refractivity contribution < 1.29 is 14.4 Å². The Balaban J connectivity index is 1.70. The van der Waals surface area contributed by atoms with E-state index in [1.54, 1.807) is 62.9 Å². The lowest BCUT2D eigenvalue weighted by Crippen LogP contribution is -2.45. The monoisotopic (exact) mass is 395 g/mol. The minimum atomic E-state index is -0.845. The molecule has 3 rings (SSSR count). The number of carbonyl (C=O) groups excluding carboxylic acids is 3. The van der Waals surface area contributed by atoms with Gasteiger partial charge in [0.05, 0.1) is 6.04 Å². The highest BCUT2D eigenvalue weighted by Gasteiger charge is 2.40. The molecule has 1 aliphatic rings. The van der Waals surface area contributed by atoms with E-state index in [0.717, 1.165) is 0 Å². The third-order valence-electron chi connectivity index (χ3n) is 4.76. The van der Waals surface area contributed by atoms with E-state index in [1.807, 2.05) is 0 Å². The summed E-state index contributed by atoms with van der Waals surface area (Å²) in [6.45, 7) is 3.67. The van der Waals surface area contributed by atoms with Gasteiger partial charge in [-0.2, -0.15) is 0 Å². The Bertz CT molecular complexity index is 981. The van der Waals surface area contributed by atoms with Gasteiger partial charge < -0.3 is 16.0 Å². The summed E-state index contributed by atoms with van der Waals surface area (Å²) in [6.07, 6.45) is 3.23. The number of carbonyl (C=O) groups is 3. The first-order valence-corrected chi connectivity index (χ1v) is 9.31. The predicted molar refractivity (Wildman–Crippen MR) is 107 cm³/mol. The topological polar surface area (TPSA) is 114 Å². The Labute approximate surface area is 168 Å². The van der Waals surface area contributed by atoms with E-state index in [2.05, 4.69) is 5.32 Å². The van der Waals surface area contributed by atoms with Gasteiger partial charge in [-0.05, 0) is 30.3 Å². The van der Waals surface area contributed by atoms with Crippen molar-refractivity contribution >= 4 is 17.7 Å². The fourth-order valence-corrected chi connectivity index (χ4v) is 3.28. The molecule has 151 valence electrons. The van der Waals surface area contributed by atoms with Crippen molar-refractivity contribution in [3.8, 4) is 5.69 Å². The van der Waals surface area contributed by atoms with E-state index < -0.39 is 18.0 Å². The van der Waals surface area contributed by atoms with E-state index in [-0.39, 0.29) is 29.8 Å². The number of nitrogens with zero attached hydrogens (tertiary/aromatic N) is 2. The van der Waals surface area contributed by atoms with Crippen LogP contribution in [0.5, 0.6) is 0 Å². The summed E-state index contributed by atoms with van der Waals surface area (Å²) in [4.78, 5) is 49.9. The van der Waals surface area contributed by atoms with Crippen LogP contribution in [0.3, 0.4) is 0 Å². The van der Waals surface area contributed by atoms with Crippen LogP contribution in [0.15, 0.2) is 53.5 Å². The summed E-state index contributed by atoms with van der Waals surface area (Å²) < 4.78 is 1.47. The molecule has 0 bridgehead atoms. The van der Waals surface area contributed by atoms with Crippen molar-refractivity contribution in [1.82, 2.24) is 14.8 Å². The van der Waals surface area contributed by atoms with Crippen molar-refractivity contribution in [3.05, 3.63) is 71.0 Å². The van der Waals surface area contributed by atoms with E-state index in [9.17, 15) is 19.2 Å². The number of aromatic nitrogens is 1. The summed E-state index contributed by atoms with van der Waals surface area (Å²) in [5.41, 5.74) is 6.28. The number of rotatable bonds is 5. The van der Waals surface area contributed by atoms with Crippen LogP contribution in [0.25, 0.3) is 5.69 Å². The van der Waals surface area contributed by atoms with Crippen LogP contribution in [0, 0.1) is 12.3 Å². The second-order valence-corrected chi connectivity index (χ2v) is 7.22. The van der Waals surface area contributed by atoms with E-state index >= 15 is 0 Å².